The topological polar surface area (TPSA) is 59.0 Å². The number of aliphatic hydroxyl groups is 1. The number of allylic oxidation sites excluding steroid dienone is 2. The van der Waals surface area contributed by atoms with Crippen molar-refractivity contribution in [3.05, 3.63) is 12.2 Å². The van der Waals surface area contributed by atoms with Crippen molar-refractivity contribution in [1.82, 2.24) is 4.90 Å². The highest BCUT2D eigenvalue weighted by Crippen LogP contribution is 2.40. The average Bonchev–Trinajstić information content (AvgIpc) is 2.55. The van der Waals surface area contributed by atoms with Gasteiger partial charge in [-0.1, -0.05) is 44.5 Å². The van der Waals surface area contributed by atoms with Crippen LogP contribution in [0.2, 0.25) is 18.1 Å². The first-order valence-electron chi connectivity index (χ1n) is 8.89. The Hall–Kier alpha value is -1.57. The third kappa shape index (κ3) is 3.75. The molecule has 0 aromatic rings. The number of ether oxygens (including phenoxy) is 1. The number of hydrogen-bond acceptors (Lipinski definition) is 4. The Balaban J connectivity index is 2.15. The van der Waals surface area contributed by atoms with E-state index in [4.69, 9.17) is 9.16 Å². The summed E-state index contributed by atoms with van der Waals surface area (Å²) in [6.07, 6.45) is 2.44. The Labute approximate surface area is 157 Å². The normalized spacial score (nSPS) is 29.5. The molecule has 0 radical (unpaired) electrons. The van der Waals surface area contributed by atoms with Crippen molar-refractivity contribution in [2.45, 2.75) is 63.1 Å². The largest absolute Gasteiger partial charge is 0.415 e. The Morgan fingerprint density at radius 1 is 1.35 bits per heavy atom. The molecule has 0 aromatic carbocycles. The number of likely N-dealkylation sites (tertiary alicyclic amines) is 1. The van der Waals surface area contributed by atoms with Gasteiger partial charge in [0.25, 0.3) is 5.91 Å². The van der Waals surface area contributed by atoms with Gasteiger partial charge < -0.3 is 19.2 Å². The van der Waals surface area contributed by atoms with Crippen molar-refractivity contribution in [2.75, 3.05) is 20.3 Å². The highest BCUT2D eigenvalue weighted by Gasteiger charge is 2.63. The Kier molecular flexibility index (Phi) is 6.05. The number of methoxy groups -OCH3 is 1. The van der Waals surface area contributed by atoms with Crippen LogP contribution >= 0.6 is 0 Å². The maximum atomic E-state index is 12.8. The summed E-state index contributed by atoms with van der Waals surface area (Å²) in [5, 5.41) is 10.6. The van der Waals surface area contributed by atoms with Gasteiger partial charge in [-0.15, -0.1) is 0 Å². The van der Waals surface area contributed by atoms with Crippen LogP contribution in [-0.2, 0) is 14.0 Å². The van der Waals surface area contributed by atoms with Crippen LogP contribution in [0.15, 0.2) is 12.2 Å². The lowest BCUT2D eigenvalue weighted by Gasteiger charge is -2.55. The molecule has 0 saturated carbocycles. The zero-order valence-corrected chi connectivity index (χ0v) is 17.5. The molecule has 0 unspecified atom stereocenters. The minimum absolute atomic E-state index is 0.103. The summed E-state index contributed by atoms with van der Waals surface area (Å²) in [7, 11) is -0.410. The molecule has 1 saturated heterocycles. The molecule has 3 atom stereocenters. The van der Waals surface area contributed by atoms with E-state index in [9.17, 15) is 9.90 Å². The van der Waals surface area contributed by atoms with Gasteiger partial charge in [-0.2, -0.15) is 0 Å². The van der Waals surface area contributed by atoms with E-state index in [1.54, 1.807) is 17.1 Å². The molecule has 5 nitrogen and oxygen atoms in total. The smallest absolute Gasteiger partial charge is 0.258 e. The molecule has 2 rings (SSSR count). The first-order chi connectivity index (χ1) is 12.1. The monoisotopic (exact) mass is 375 g/mol. The highest BCUT2D eigenvalue weighted by atomic mass is 28.4. The van der Waals surface area contributed by atoms with E-state index in [-0.39, 0.29) is 17.4 Å². The van der Waals surface area contributed by atoms with Crippen molar-refractivity contribution in [3.8, 4) is 23.7 Å². The molecular weight excluding hydrogens is 346 g/mol. The number of fused-ring (bicyclic) bond motifs is 1. The lowest BCUT2D eigenvalue weighted by molar-refractivity contribution is -0.207. The number of rotatable bonds is 5. The second-order valence-electron chi connectivity index (χ2n) is 8.21. The lowest BCUT2D eigenvalue weighted by atomic mass is 9.76. The van der Waals surface area contributed by atoms with Crippen molar-refractivity contribution in [2.24, 2.45) is 0 Å². The van der Waals surface area contributed by atoms with Gasteiger partial charge in [0.15, 0.2) is 13.9 Å². The summed E-state index contributed by atoms with van der Waals surface area (Å²) < 4.78 is 11.7. The van der Waals surface area contributed by atoms with Crippen molar-refractivity contribution >= 4 is 14.2 Å². The van der Waals surface area contributed by atoms with Gasteiger partial charge in [0.1, 0.15) is 12.1 Å². The molecule has 2 aliphatic rings. The van der Waals surface area contributed by atoms with Crippen molar-refractivity contribution in [3.63, 3.8) is 0 Å². The number of amides is 1. The van der Waals surface area contributed by atoms with E-state index in [1.165, 1.54) is 7.11 Å². The van der Waals surface area contributed by atoms with E-state index in [1.807, 2.05) is 0 Å². The number of nitrogens with zero attached hydrogens (tertiary/aromatic N) is 1. The van der Waals surface area contributed by atoms with Crippen LogP contribution < -0.4 is 0 Å². The van der Waals surface area contributed by atoms with Crippen LogP contribution in [0.3, 0.4) is 0 Å². The predicted octanol–water partition coefficient (Wildman–Crippen LogP) is 1.93. The van der Waals surface area contributed by atoms with Gasteiger partial charge in [0, 0.05) is 20.1 Å². The lowest BCUT2D eigenvalue weighted by Crippen LogP contribution is -2.78. The summed E-state index contributed by atoms with van der Waals surface area (Å²) in [6.45, 7) is 11.7. The second kappa shape index (κ2) is 7.58. The Morgan fingerprint density at radius 3 is 2.62 bits per heavy atom. The molecule has 1 fully saturated rings. The summed E-state index contributed by atoms with van der Waals surface area (Å²) in [5.41, 5.74) is -1.14. The van der Waals surface area contributed by atoms with Crippen LogP contribution in [0.4, 0.5) is 0 Å². The molecule has 0 spiro atoms. The minimum atomic E-state index is -1.89. The van der Waals surface area contributed by atoms with Gasteiger partial charge in [-0.3, -0.25) is 4.79 Å². The number of carbonyl (C=O) groups excluding carboxylic acids is 1. The number of hydrogen-bond donors (Lipinski definition) is 1. The fourth-order valence-corrected chi connectivity index (χ4v) is 4.00. The third-order valence-corrected chi connectivity index (χ3v) is 10.2. The molecule has 6 heteroatoms. The van der Waals surface area contributed by atoms with Crippen LogP contribution in [0, 0.1) is 23.7 Å². The molecule has 1 amide bonds. The molecule has 1 heterocycles. The van der Waals surface area contributed by atoms with Gasteiger partial charge in [0.05, 0.1) is 6.61 Å². The number of β-lactam (4-membered cyclic amide) rings is 1. The predicted molar refractivity (Wildman–Crippen MR) is 104 cm³/mol. The van der Waals surface area contributed by atoms with Crippen LogP contribution in [0.25, 0.3) is 0 Å². The van der Waals surface area contributed by atoms with Crippen LogP contribution in [-0.4, -0.2) is 62.2 Å². The zero-order valence-electron chi connectivity index (χ0n) is 16.5. The van der Waals surface area contributed by atoms with E-state index in [0.717, 1.165) is 0 Å². The fourth-order valence-electron chi connectivity index (χ4n) is 2.96. The average molecular weight is 376 g/mol. The summed E-state index contributed by atoms with van der Waals surface area (Å²) in [6, 6.07) is -0.545. The Bertz CT molecular complexity index is 701. The number of aliphatic hydroxyl groups excluding tert-OH is 1. The SMILES string of the molecule is CO[C@@]12CC#C/C=C\C#C[C@H](O)[C@H]1N(CCO[Si](C)(C)C(C)(C)C)C2=O. The molecule has 0 bridgehead atoms. The first-order valence-corrected chi connectivity index (χ1v) is 11.8. The quantitative estimate of drug-likeness (QED) is 0.453. The van der Waals surface area contributed by atoms with E-state index < -0.39 is 26.1 Å². The van der Waals surface area contributed by atoms with E-state index >= 15 is 0 Å². The molecule has 0 aromatic heterocycles. The van der Waals surface area contributed by atoms with Crippen molar-refractivity contribution in [1.29, 1.82) is 0 Å². The molecule has 1 aliphatic heterocycles. The summed E-state index contributed by atoms with van der Waals surface area (Å²) >= 11 is 0. The second-order valence-corrected chi connectivity index (χ2v) is 13.0. The van der Waals surface area contributed by atoms with Gasteiger partial charge in [0.2, 0.25) is 0 Å². The molecule has 26 heavy (non-hydrogen) atoms. The summed E-state index contributed by atoms with van der Waals surface area (Å²) in [5.74, 6) is 11.2. The maximum absolute atomic E-state index is 12.8. The van der Waals surface area contributed by atoms with Crippen LogP contribution in [0.5, 0.6) is 0 Å². The number of carbonyl (C=O) groups is 1. The van der Waals surface area contributed by atoms with Gasteiger partial charge in [-0.25, -0.2) is 0 Å². The maximum Gasteiger partial charge on any atom is 0.258 e. The minimum Gasteiger partial charge on any atom is -0.415 e. The van der Waals surface area contributed by atoms with Gasteiger partial charge >= 0.3 is 0 Å². The Morgan fingerprint density at radius 2 is 2.00 bits per heavy atom. The molecule has 1 aliphatic carbocycles. The zero-order chi connectivity index (χ0) is 19.6. The molecular formula is C20H29NO4Si. The first kappa shape index (κ1) is 20.7. The van der Waals surface area contributed by atoms with E-state index in [2.05, 4.69) is 57.5 Å². The highest BCUT2D eigenvalue weighted by molar-refractivity contribution is 6.74. The van der Waals surface area contributed by atoms with Crippen molar-refractivity contribution < 1.29 is 19.1 Å². The fraction of sp³-hybridized carbons (Fsp3) is 0.650. The van der Waals surface area contributed by atoms with Gasteiger partial charge in [-0.05, 0) is 30.3 Å². The molecule has 142 valence electrons. The third-order valence-electron chi connectivity index (χ3n) is 5.64. The standard InChI is InChI=1S/C20H29NO4Si/c1-19(2,3)26(5,6)25-15-14-21-17-16(22)12-10-8-7-9-11-13-20(17,24-4)18(21)23/h7-8,16-17,22H,13-15H2,1-6H3/b8-7-/t16-,17+,20-/m0/s1. The van der Waals surface area contributed by atoms with Crippen LogP contribution in [0.1, 0.15) is 27.2 Å². The summed E-state index contributed by atoms with van der Waals surface area (Å²) in [4.78, 5) is 14.4. The molecule has 1 N–H and O–H groups in total. The van der Waals surface area contributed by atoms with E-state index in [0.29, 0.717) is 13.2 Å².